The van der Waals surface area contributed by atoms with E-state index in [-0.39, 0.29) is 35.1 Å². The van der Waals surface area contributed by atoms with E-state index in [1.165, 1.54) is 23.3 Å². The van der Waals surface area contributed by atoms with Gasteiger partial charge in [0.1, 0.15) is 12.0 Å². The van der Waals surface area contributed by atoms with Gasteiger partial charge < -0.3 is 9.64 Å². The molecule has 1 aromatic rings. The molecule has 166 valence electrons. The third-order valence-electron chi connectivity index (χ3n) is 8.95. The molecule has 2 aliphatic heterocycles. The van der Waals surface area contributed by atoms with Crippen molar-refractivity contribution in [2.75, 3.05) is 19.6 Å². The number of carbonyl (C=O) groups is 2. The molecule has 5 atom stereocenters. The molecule has 4 heteroatoms. The molecule has 0 aromatic heterocycles. The third kappa shape index (κ3) is 3.88. The van der Waals surface area contributed by atoms with Crippen molar-refractivity contribution in [3.8, 4) is 0 Å². The molecule has 4 nitrogen and oxygen atoms in total. The van der Waals surface area contributed by atoms with E-state index in [4.69, 9.17) is 4.74 Å². The molecule has 2 aliphatic carbocycles. The standard InChI is InChI=1S/C27H35NO3/c1-18-7-6-12-27(2)16-24-21(15-23(18)27)22(26(30)31-24)17-28-13-10-20(11-14-28)25(29)19-8-4-3-5-9-19/h3-5,8-9,20-24H,1,6-7,10-17H2,2H3/p+1/t21-,22+,23-,24-,27-/m1/s1. The van der Waals surface area contributed by atoms with E-state index < -0.39 is 0 Å². The second-order valence-corrected chi connectivity index (χ2v) is 10.9. The second-order valence-electron chi connectivity index (χ2n) is 10.9. The van der Waals surface area contributed by atoms with Crippen LogP contribution in [-0.4, -0.2) is 37.5 Å². The van der Waals surface area contributed by atoms with Gasteiger partial charge in [0.05, 0.1) is 19.6 Å². The largest absolute Gasteiger partial charge is 0.462 e. The summed E-state index contributed by atoms with van der Waals surface area (Å²) in [6.07, 6.45) is 7.60. The zero-order chi connectivity index (χ0) is 21.6. The molecule has 2 saturated heterocycles. The number of ketones is 1. The van der Waals surface area contributed by atoms with Crippen molar-refractivity contribution < 1.29 is 19.2 Å². The third-order valence-corrected chi connectivity index (χ3v) is 8.95. The number of piperidine rings is 1. The predicted molar refractivity (Wildman–Crippen MR) is 120 cm³/mol. The Morgan fingerprint density at radius 3 is 2.71 bits per heavy atom. The van der Waals surface area contributed by atoms with E-state index in [0.29, 0.717) is 11.8 Å². The summed E-state index contributed by atoms with van der Waals surface area (Å²) in [5, 5.41) is 0. The minimum atomic E-state index is 0.0145. The van der Waals surface area contributed by atoms with Crippen LogP contribution in [0, 0.1) is 29.1 Å². The Morgan fingerprint density at radius 2 is 1.97 bits per heavy atom. The van der Waals surface area contributed by atoms with Crippen LogP contribution in [0.3, 0.4) is 0 Å². The maximum atomic E-state index is 12.9. The first-order chi connectivity index (χ1) is 14.9. The lowest BCUT2D eigenvalue weighted by Crippen LogP contribution is -3.14. The van der Waals surface area contributed by atoms with Gasteiger partial charge in [0.25, 0.3) is 0 Å². The van der Waals surface area contributed by atoms with Crippen LogP contribution in [0.1, 0.15) is 62.2 Å². The highest BCUT2D eigenvalue weighted by Gasteiger charge is 2.56. The SMILES string of the molecule is C=C1CCC[C@]2(C)C[C@H]3OC(=O)[C@@H](C[NH+]4CCC(C(=O)c5ccccc5)CC4)[C@H]3C[C@H]12. The van der Waals surface area contributed by atoms with Crippen molar-refractivity contribution in [3.63, 3.8) is 0 Å². The Kier molecular flexibility index (Phi) is 5.54. The number of fused-ring (bicyclic) bond motifs is 2. The van der Waals surface area contributed by atoms with Crippen LogP contribution in [0.15, 0.2) is 42.5 Å². The molecule has 1 aromatic carbocycles. The highest BCUT2D eigenvalue weighted by Crippen LogP contribution is 2.56. The molecule has 4 aliphatic rings. The van der Waals surface area contributed by atoms with E-state index in [1.54, 1.807) is 0 Å². The monoisotopic (exact) mass is 422 g/mol. The van der Waals surface area contributed by atoms with Crippen LogP contribution < -0.4 is 4.90 Å². The quantitative estimate of drug-likeness (QED) is 0.459. The molecule has 2 heterocycles. The molecule has 5 rings (SSSR count). The normalized spacial score (nSPS) is 40.0. The zero-order valence-corrected chi connectivity index (χ0v) is 18.8. The number of nitrogens with one attached hydrogen (secondary N) is 1. The number of likely N-dealkylation sites (tertiary alicyclic amines) is 1. The van der Waals surface area contributed by atoms with Gasteiger partial charge in [-0.05, 0) is 43.4 Å². The maximum absolute atomic E-state index is 12.9. The number of rotatable bonds is 4. The zero-order valence-electron chi connectivity index (χ0n) is 18.8. The average Bonchev–Trinajstić information content (AvgIpc) is 3.06. The van der Waals surface area contributed by atoms with E-state index in [1.807, 2.05) is 30.3 Å². The van der Waals surface area contributed by atoms with Crippen molar-refractivity contribution in [1.29, 1.82) is 0 Å². The fourth-order valence-corrected chi connectivity index (χ4v) is 7.13. The Labute approximate surface area is 186 Å². The summed E-state index contributed by atoms with van der Waals surface area (Å²) in [6, 6.07) is 9.67. The average molecular weight is 423 g/mol. The van der Waals surface area contributed by atoms with Crippen LogP contribution >= 0.6 is 0 Å². The summed E-state index contributed by atoms with van der Waals surface area (Å²) in [5.41, 5.74) is 2.49. The van der Waals surface area contributed by atoms with Gasteiger partial charge >= 0.3 is 5.97 Å². The lowest BCUT2D eigenvalue weighted by atomic mass is 9.55. The molecule has 0 spiro atoms. The van der Waals surface area contributed by atoms with Crippen LogP contribution in [0.2, 0.25) is 0 Å². The van der Waals surface area contributed by atoms with Crippen molar-refractivity contribution in [2.24, 2.45) is 29.1 Å². The Bertz CT molecular complexity index is 856. The van der Waals surface area contributed by atoms with E-state index >= 15 is 0 Å². The van der Waals surface area contributed by atoms with Gasteiger partial charge in [0.15, 0.2) is 5.78 Å². The molecule has 1 N–H and O–H groups in total. The Balaban J connectivity index is 1.21. The van der Waals surface area contributed by atoms with Gasteiger partial charge in [0, 0.05) is 30.2 Å². The lowest BCUT2D eigenvalue weighted by molar-refractivity contribution is -0.908. The minimum absolute atomic E-state index is 0.0145. The molecule has 0 bridgehead atoms. The summed E-state index contributed by atoms with van der Waals surface area (Å²) < 4.78 is 5.95. The lowest BCUT2D eigenvalue weighted by Gasteiger charge is -2.50. The summed E-state index contributed by atoms with van der Waals surface area (Å²) in [6.45, 7) is 9.60. The number of ether oxygens (including phenoxy) is 1. The molecule has 31 heavy (non-hydrogen) atoms. The van der Waals surface area contributed by atoms with Gasteiger partial charge in [-0.2, -0.15) is 0 Å². The van der Waals surface area contributed by atoms with Crippen LogP contribution in [0.5, 0.6) is 0 Å². The van der Waals surface area contributed by atoms with Crippen molar-refractivity contribution in [1.82, 2.24) is 0 Å². The number of allylic oxidation sites excluding steroid dienone is 1. The number of quaternary nitrogens is 1. The number of benzene rings is 1. The summed E-state index contributed by atoms with van der Waals surface area (Å²) in [7, 11) is 0. The van der Waals surface area contributed by atoms with Crippen LogP contribution in [0.4, 0.5) is 0 Å². The fourth-order valence-electron chi connectivity index (χ4n) is 7.13. The highest BCUT2D eigenvalue weighted by atomic mass is 16.6. The topological polar surface area (TPSA) is 47.8 Å². The van der Waals surface area contributed by atoms with E-state index in [9.17, 15) is 9.59 Å². The van der Waals surface area contributed by atoms with Crippen molar-refractivity contribution in [3.05, 3.63) is 48.0 Å². The summed E-state index contributed by atoms with van der Waals surface area (Å²) in [4.78, 5) is 27.1. The van der Waals surface area contributed by atoms with Crippen molar-refractivity contribution in [2.45, 2.75) is 58.0 Å². The molecule has 0 radical (unpaired) electrons. The van der Waals surface area contributed by atoms with Gasteiger partial charge in [-0.1, -0.05) is 49.4 Å². The maximum Gasteiger partial charge on any atom is 0.315 e. The molecular weight excluding hydrogens is 386 g/mol. The predicted octanol–water partition coefficient (Wildman–Crippen LogP) is 3.48. The molecule has 0 amide bonds. The summed E-state index contributed by atoms with van der Waals surface area (Å²) >= 11 is 0. The Hall–Kier alpha value is -1.94. The van der Waals surface area contributed by atoms with Gasteiger partial charge in [-0.3, -0.25) is 9.59 Å². The second kappa shape index (κ2) is 8.20. The number of hydrogen-bond acceptors (Lipinski definition) is 3. The fraction of sp³-hybridized carbons (Fsp3) is 0.630. The number of carbonyl (C=O) groups excluding carboxylic acids is 2. The van der Waals surface area contributed by atoms with Crippen LogP contribution in [-0.2, 0) is 9.53 Å². The van der Waals surface area contributed by atoms with Gasteiger partial charge in [-0.15, -0.1) is 0 Å². The number of hydrogen-bond donors (Lipinski definition) is 1. The minimum Gasteiger partial charge on any atom is -0.462 e. The first kappa shape index (κ1) is 20.9. The highest BCUT2D eigenvalue weighted by molar-refractivity contribution is 5.97. The number of Topliss-reactive ketones (excluding diaryl/α,β-unsaturated/α-hetero) is 1. The molecule has 4 fully saturated rings. The van der Waals surface area contributed by atoms with E-state index in [2.05, 4.69) is 13.5 Å². The van der Waals surface area contributed by atoms with Gasteiger partial charge in [0.2, 0.25) is 0 Å². The Morgan fingerprint density at radius 1 is 1.23 bits per heavy atom. The van der Waals surface area contributed by atoms with Gasteiger partial charge in [-0.25, -0.2) is 0 Å². The van der Waals surface area contributed by atoms with Crippen molar-refractivity contribution >= 4 is 11.8 Å². The smallest absolute Gasteiger partial charge is 0.315 e. The number of esters is 1. The summed E-state index contributed by atoms with van der Waals surface area (Å²) in [5.74, 6) is 1.33. The first-order valence-corrected chi connectivity index (χ1v) is 12.3. The van der Waals surface area contributed by atoms with E-state index in [0.717, 1.165) is 57.3 Å². The van der Waals surface area contributed by atoms with Crippen LogP contribution in [0.25, 0.3) is 0 Å². The molecular formula is C27H36NO3+. The first-order valence-electron chi connectivity index (χ1n) is 12.3. The molecule has 0 unspecified atom stereocenters. The molecule has 2 saturated carbocycles.